The zero-order valence-electron chi connectivity index (χ0n) is 32.4. The Morgan fingerprint density at radius 1 is 1.06 bits per heavy atom. The number of carbonyl (C=O) groups excluding carboxylic acids is 1. The number of sulfone groups is 1. The normalized spacial score (nSPS) is 30.0. The zero-order valence-corrected chi connectivity index (χ0v) is 33.2. The van der Waals surface area contributed by atoms with Crippen molar-refractivity contribution in [2.45, 2.75) is 138 Å². The molecular weight excluding hydrogens is 699 g/mol. The fourth-order valence-electron chi connectivity index (χ4n) is 7.69. The van der Waals surface area contributed by atoms with Crippen molar-refractivity contribution >= 4 is 15.9 Å². The van der Waals surface area contributed by atoms with Crippen molar-refractivity contribution in [2.75, 3.05) is 32.6 Å². The summed E-state index contributed by atoms with van der Waals surface area (Å²) in [6.45, 7) is 21.0. The predicted octanol–water partition coefficient (Wildman–Crippen LogP) is 6.35. The lowest BCUT2D eigenvalue weighted by Gasteiger charge is -2.38. The van der Waals surface area contributed by atoms with E-state index in [0.717, 1.165) is 49.7 Å². The Hall–Kier alpha value is -2.58. The van der Waals surface area contributed by atoms with Gasteiger partial charge < -0.3 is 38.8 Å². The second-order valence-corrected chi connectivity index (χ2v) is 17.9. The molecule has 10 atom stereocenters. The van der Waals surface area contributed by atoms with Crippen LogP contribution in [0.3, 0.4) is 0 Å². The molecule has 1 aromatic rings. The van der Waals surface area contributed by atoms with Crippen LogP contribution in [0.1, 0.15) is 79.1 Å². The van der Waals surface area contributed by atoms with Crippen molar-refractivity contribution in [2.24, 2.45) is 11.8 Å². The Labute approximate surface area is 317 Å². The molecule has 0 radical (unpaired) electrons. The molecule has 3 fully saturated rings. The van der Waals surface area contributed by atoms with Crippen LogP contribution in [0.4, 0.5) is 4.79 Å². The summed E-state index contributed by atoms with van der Waals surface area (Å²) in [5, 5.41) is 13.6. The zero-order chi connectivity index (χ0) is 38.8. The number of methoxy groups -OCH3 is 1. The summed E-state index contributed by atoms with van der Waals surface area (Å²) < 4.78 is 63.9. The highest BCUT2D eigenvalue weighted by atomic mass is 32.2. The van der Waals surface area contributed by atoms with Gasteiger partial charge in [-0.3, -0.25) is 0 Å². The number of hydrogen-bond donors (Lipinski definition) is 2. The third kappa shape index (κ3) is 13.0. The van der Waals surface area contributed by atoms with E-state index < -0.39 is 51.9 Å². The van der Waals surface area contributed by atoms with Crippen molar-refractivity contribution in [1.29, 1.82) is 0 Å². The molecule has 11 nitrogen and oxygen atoms in total. The number of carbonyl (C=O) groups is 1. The van der Waals surface area contributed by atoms with E-state index in [9.17, 15) is 18.3 Å². The van der Waals surface area contributed by atoms with Crippen molar-refractivity contribution in [3.63, 3.8) is 0 Å². The van der Waals surface area contributed by atoms with Crippen molar-refractivity contribution in [3.8, 4) is 0 Å². The molecule has 53 heavy (non-hydrogen) atoms. The molecule has 298 valence electrons. The SMILES string of the molecule is C=CCOCCC[C@H]1CC(=C)C(CCC2C[C@@H](C)C(=C)C(C[C@@H]3OC(C[C@H](O)CNC(=O)OC(C)(C)C)[C@H](OC)[C@H]3CS(=O)(=O)c3ccccc3)O2)O1. The van der Waals surface area contributed by atoms with Gasteiger partial charge in [0.1, 0.15) is 5.60 Å². The Kier molecular flexibility index (Phi) is 16.2. The number of hydrogen-bond acceptors (Lipinski definition) is 10. The summed E-state index contributed by atoms with van der Waals surface area (Å²) >= 11 is 0. The van der Waals surface area contributed by atoms with Gasteiger partial charge in [0, 0.05) is 39.0 Å². The van der Waals surface area contributed by atoms with E-state index in [0.29, 0.717) is 19.6 Å². The minimum absolute atomic E-state index is 0.0122. The summed E-state index contributed by atoms with van der Waals surface area (Å²) in [5.41, 5.74) is 1.39. The van der Waals surface area contributed by atoms with Gasteiger partial charge in [0.25, 0.3) is 0 Å². The van der Waals surface area contributed by atoms with Crippen LogP contribution in [0.15, 0.2) is 72.2 Å². The molecule has 2 N–H and O–H groups in total. The maximum absolute atomic E-state index is 13.7. The smallest absolute Gasteiger partial charge is 0.407 e. The maximum Gasteiger partial charge on any atom is 0.407 e. The van der Waals surface area contributed by atoms with Crippen LogP contribution in [0.5, 0.6) is 0 Å². The first-order valence-corrected chi connectivity index (χ1v) is 20.7. The largest absolute Gasteiger partial charge is 0.444 e. The van der Waals surface area contributed by atoms with E-state index in [4.69, 9.17) is 28.4 Å². The molecule has 3 aliphatic heterocycles. The second-order valence-electron chi connectivity index (χ2n) is 15.8. The van der Waals surface area contributed by atoms with E-state index >= 15 is 0 Å². The summed E-state index contributed by atoms with van der Waals surface area (Å²) in [7, 11) is -2.18. The molecule has 0 aromatic heterocycles. The Bertz CT molecular complexity index is 1460. The average Bonchev–Trinajstić information content (AvgIpc) is 3.61. The highest BCUT2D eigenvalue weighted by Gasteiger charge is 2.49. The van der Waals surface area contributed by atoms with Gasteiger partial charge in [-0.2, -0.15) is 0 Å². The number of aliphatic hydroxyl groups excluding tert-OH is 1. The number of aliphatic hydroxyl groups is 1. The molecule has 0 saturated carbocycles. The van der Waals surface area contributed by atoms with Gasteiger partial charge in [-0.1, -0.05) is 44.4 Å². The molecule has 0 aliphatic carbocycles. The Balaban J connectivity index is 1.42. The summed E-state index contributed by atoms with van der Waals surface area (Å²) in [6, 6.07) is 8.37. The lowest BCUT2D eigenvalue weighted by atomic mass is 9.83. The number of ether oxygens (including phenoxy) is 6. The molecule has 12 heteroatoms. The first-order chi connectivity index (χ1) is 25.1. The van der Waals surface area contributed by atoms with Crippen LogP contribution in [-0.2, 0) is 38.3 Å². The molecule has 4 rings (SSSR count). The summed E-state index contributed by atoms with van der Waals surface area (Å²) in [4.78, 5) is 12.5. The molecular formula is C41H63NO10S. The number of benzene rings is 1. The van der Waals surface area contributed by atoms with Crippen LogP contribution in [0.2, 0.25) is 0 Å². The van der Waals surface area contributed by atoms with Crippen molar-refractivity contribution < 1.29 is 46.7 Å². The van der Waals surface area contributed by atoms with E-state index in [2.05, 4.69) is 32.0 Å². The first kappa shape index (κ1) is 43.2. The van der Waals surface area contributed by atoms with Crippen LogP contribution >= 0.6 is 0 Å². The topological polar surface area (TPSA) is 139 Å². The van der Waals surface area contributed by atoms with E-state index in [-0.39, 0.29) is 53.9 Å². The molecule has 0 spiro atoms. The molecule has 4 unspecified atom stereocenters. The maximum atomic E-state index is 13.7. The lowest BCUT2D eigenvalue weighted by Crippen LogP contribution is -2.41. The standard InChI is InChI=1S/C41H63NO10S/c1-9-19-48-20-13-14-31-22-28(3)35(49-31)18-17-32-21-27(2)29(4)36(50-32)24-37-34(26-53(45,46)33-15-11-10-12-16-33)39(47-8)38(51-37)23-30(43)25-42-40(44)52-41(5,6)7/h9-12,15-16,27,30-32,34-39,43H,1,3-4,13-14,17-26H2,2,5-8H3,(H,42,44)/t27-,30+,31+,32?,34+,35?,36?,37+,38?,39-/m1/s1. The highest BCUT2D eigenvalue weighted by Crippen LogP contribution is 2.41. The van der Waals surface area contributed by atoms with Gasteiger partial charge in [-0.05, 0) is 88.5 Å². The van der Waals surface area contributed by atoms with Crippen LogP contribution < -0.4 is 5.32 Å². The first-order valence-electron chi connectivity index (χ1n) is 19.1. The minimum atomic E-state index is -3.72. The van der Waals surface area contributed by atoms with Gasteiger partial charge in [0.15, 0.2) is 9.84 Å². The van der Waals surface area contributed by atoms with E-state index in [1.807, 2.05) is 0 Å². The summed E-state index contributed by atoms with van der Waals surface area (Å²) in [5.74, 6) is -0.566. The van der Waals surface area contributed by atoms with Gasteiger partial charge in [0.05, 0.1) is 66.1 Å². The van der Waals surface area contributed by atoms with E-state index in [1.165, 1.54) is 7.11 Å². The molecule has 3 saturated heterocycles. The number of nitrogens with one attached hydrogen (secondary N) is 1. The van der Waals surface area contributed by atoms with Crippen molar-refractivity contribution in [1.82, 2.24) is 5.32 Å². The van der Waals surface area contributed by atoms with E-state index in [1.54, 1.807) is 57.2 Å². The van der Waals surface area contributed by atoms with Crippen molar-refractivity contribution in [3.05, 3.63) is 67.3 Å². The van der Waals surface area contributed by atoms with Gasteiger partial charge in [-0.15, -0.1) is 6.58 Å². The third-order valence-electron chi connectivity index (χ3n) is 10.4. The Morgan fingerprint density at radius 2 is 1.77 bits per heavy atom. The second kappa shape index (κ2) is 19.8. The number of alkyl carbamates (subject to hydrolysis) is 1. The fourth-order valence-corrected chi connectivity index (χ4v) is 9.36. The van der Waals surface area contributed by atoms with Crippen LogP contribution in [0.25, 0.3) is 0 Å². The highest BCUT2D eigenvalue weighted by molar-refractivity contribution is 7.91. The molecule has 3 heterocycles. The average molecular weight is 762 g/mol. The lowest BCUT2D eigenvalue weighted by molar-refractivity contribution is -0.0774. The molecule has 0 bridgehead atoms. The van der Waals surface area contributed by atoms with Gasteiger partial charge in [-0.25, -0.2) is 13.2 Å². The minimum Gasteiger partial charge on any atom is -0.444 e. The molecule has 1 amide bonds. The number of amides is 1. The fraction of sp³-hybridized carbons (Fsp3) is 0.683. The third-order valence-corrected chi connectivity index (χ3v) is 12.2. The van der Waals surface area contributed by atoms with Crippen LogP contribution in [-0.4, -0.2) is 107 Å². The Morgan fingerprint density at radius 3 is 2.45 bits per heavy atom. The predicted molar refractivity (Wildman–Crippen MR) is 204 cm³/mol. The monoisotopic (exact) mass is 761 g/mol. The molecule has 1 aromatic carbocycles. The quantitative estimate of drug-likeness (QED) is 0.121. The van der Waals surface area contributed by atoms with Gasteiger partial charge >= 0.3 is 6.09 Å². The summed E-state index contributed by atoms with van der Waals surface area (Å²) in [6.07, 6.45) is 3.69. The number of rotatable bonds is 19. The molecule has 3 aliphatic rings. The van der Waals surface area contributed by atoms with Gasteiger partial charge in [0.2, 0.25) is 0 Å². The van der Waals surface area contributed by atoms with Crippen LogP contribution in [0, 0.1) is 11.8 Å².